The van der Waals surface area contributed by atoms with Crippen molar-refractivity contribution < 1.29 is 14.5 Å². The standard InChI is InChI=1S/C18H21N3O4/c1-20(2)17-9-6-14(21(23)24)12-16(17)18(22)19-11-10-13-4-7-15(25-3)8-5-13/h4-9,12H,10-11H2,1-3H3,(H,19,22). The molecule has 0 aliphatic carbocycles. The molecule has 25 heavy (non-hydrogen) atoms. The molecule has 0 spiro atoms. The molecule has 0 saturated carbocycles. The number of non-ortho nitro benzene ring substituents is 1. The Kier molecular flexibility index (Phi) is 5.94. The third-order valence-corrected chi connectivity index (χ3v) is 3.78. The summed E-state index contributed by atoms with van der Waals surface area (Å²) in [5, 5.41) is 13.8. The zero-order chi connectivity index (χ0) is 18.4. The molecule has 0 unspecified atom stereocenters. The molecule has 2 rings (SSSR count). The summed E-state index contributed by atoms with van der Waals surface area (Å²) in [7, 11) is 5.18. The van der Waals surface area contributed by atoms with Crippen molar-refractivity contribution in [3.8, 4) is 5.75 Å². The Bertz CT molecular complexity index is 757. The average molecular weight is 343 g/mol. The molecule has 0 aliphatic rings. The largest absolute Gasteiger partial charge is 0.497 e. The highest BCUT2D eigenvalue weighted by Crippen LogP contribution is 2.24. The van der Waals surface area contributed by atoms with Crippen LogP contribution in [0.1, 0.15) is 15.9 Å². The lowest BCUT2D eigenvalue weighted by atomic mass is 10.1. The van der Waals surface area contributed by atoms with Gasteiger partial charge in [0.15, 0.2) is 0 Å². The third kappa shape index (κ3) is 4.69. The van der Waals surface area contributed by atoms with E-state index in [1.165, 1.54) is 12.1 Å². The van der Waals surface area contributed by atoms with Crippen molar-refractivity contribution in [1.82, 2.24) is 5.32 Å². The van der Waals surface area contributed by atoms with E-state index in [9.17, 15) is 14.9 Å². The number of hydrogen-bond donors (Lipinski definition) is 1. The zero-order valence-corrected chi connectivity index (χ0v) is 14.5. The fourth-order valence-corrected chi connectivity index (χ4v) is 2.42. The van der Waals surface area contributed by atoms with Crippen LogP contribution in [0.15, 0.2) is 42.5 Å². The monoisotopic (exact) mass is 343 g/mol. The normalized spacial score (nSPS) is 10.2. The molecule has 7 nitrogen and oxygen atoms in total. The van der Waals surface area contributed by atoms with E-state index in [0.29, 0.717) is 18.7 Å². The number of nitrogens with zero attached hydrogens (tertiary/aromatic N) is 2. The number of nitro benzene ring substituents is 1. The number of hydrogen-bond acceptors (Lipinski definition) is 5. The van der Waals surface area contributed by atoms with Gasteiger partial charge in [-0.25, -0.2) is 0 Å². The van der Waals surface area contributed by atoms with Gasteiger partial charge in [-0.15, -0.1) is 0 Å². The van der Waals surface area contributed by atoms with Crippen molar-refractivity contribution in [1.29, 1.82) is 0 Å². The molecular formula is C18H21N3O4. The minimum absolute atomic E-state index is 0.106. The van der Waals surface area contributed by atoms with E-state index in [0.717, 1.165) is 11.3 Å². The Hall–Kier alpha value is -3.09. The first-order valence-corrected chi connectivity index (χ1v) is 7.79. The molecule has 1 amide bonds. The van der Waals surface area contributed by atoms with Gasteiger partial charge in [0.05, 0.1) is 17.6 Å². The second-order valence-corrected chi connectivity index (χ2v) is 5.71. The van der Waals surface area contributed by atoms with Gasteiger partial charge in [0, 0.05) is 38.5 Å². The number of ether oxygens (including phenoxy) is 1. The maximum atomic E-state index is 12.5. The van der Waals surface area contributed by atoms with Gasteiger partial charge in [0.1, 0.15) is 5.75 Å². The van der Waals surface area contributed by atoms with E-state index in [-0.39, 0.29) is 17.2 Å². The average Bonchev–Trinajstić information content (AvgIpc) is 2.61. The van der Waals surface area contributed by atoms with Crippen LogP contribution in [0.3, 0.4) is 0 Å². The number of benzene rings is 2. The van der Waals surface area contributed by atoms with E-state index in [2.05, 4.69) is 5.32 Å². The summed E-state index contributed by atoms with van der Waals surface area (Å²) in [4.78, 5) is 24.7. The third-order valence-electron chi connectivity index (χ3n) is 3.78. The van der Waals surface area contributed by atoms with Crippen molar-refractivity contribution in [3.05, 3.63) is 63.7 Å². The van der Waals surface area contributed by atoms with E-state index < -0.39 is 4.92 Å². The van der Waals surface area contributed by atoms with E-state index >= 15 is 0 Å². The summed E-state index contributed by atoms with van der Waals surface area (Å²) < 4.78 is 5.11. The van der Waals surface area contributed by atoms with Crippen LogP contribution in [0.4, 0.5) is 11.4 Å². The number of amides is 1. The number of nitrogens with one attached hydrogen (secondary N) is 1. The molecule has 2 aromatic carbocycles. The maximum Gasteiger partial charge on any atom is 0.270 e. The van der Waals surface area contributed by atoms with Gasteiger partial charge in [-0.1, -0.05) is 12.1 Å². The van der Waals surface area contributed by atoms with Crippen LogP contribution in [0.25, 0.3) is 0 Å². The van der Waals surface area contributed by atoms with E-state index in [4.69, 9.17) is 4.74 Å². The number of nitro groups is 1. The molecule has 132 valence electrons. The number of carbonyl (C=O) groups excluding carboxylic acids is 1. The quantitative estimate of drug-likeness (QED) is 0.617. The van der Waals surface area contributed by atoms with Crippen molar-refractivity contribution in [2.24, 2.45) is 0 Å². The topological polar surface area (TPSA) is 84.7 Å². The minimum atomic E-state index is -0.506. The van der Waals surface area contributed by atoms with Gasteiger partial charge in [0.2, 0.25) is 0 Å². The highest BCUT2D eigenvalue weighted by molar-refractivity contribution is 6.00. The van der Waals surface area contributed by atoms with Gasteiger partial charge >= 0.3 is 0 Å². The molecule has 0 bridgehead atoms. The zero-order valence-electron chi connectivity index (χ0n) is 14.5. The van der Waals surface area contributed by atoms with Gasteiger partial charge in [0.25, 0.3) is 11.6 Å². The minimum Gasteiger partial charge on any atom is -0.497 e. The van der Waals surface area contributed by atoms with Crippen LogP contribution in [0, 0.1) is 10.1 Å². The summed E-state index contributed by atoms with van der Waals surface area (Å²) in [5.41, 5.74) is 1.88. The lowest BCUT2D eigenvalue weighted by Crippen LogP contribution is -2.27. The molecule has 0 fully saturated rings. The highest BCUT2D eigenvalue weighted by Gasteiger charge is 2.17. The Morgan fingerprint density at radius 3 is 2.44 bits per heavy atom. The predicted molar refractivity (Wildman–Crippen MR) is 96.5 cm³/mol. The number of methoxy groups -OCH3 is 1. The molecule has 0 saturated heterocycles. The molecule has 0 heterocycles. The fraction of sp³-hybridized carbons (Fsp3) is 0.278. The molecule has 0 radical (unpaired) electrons. The van der Waals surface area contributed by atoms with Crippen molar-refractivity contribution >= 4 is 17.3 Å². The SMILES string of the molecule is COc1ccc(CCNC(=O)c2cc([N+](=O)[O-])ccc2N(C)C)cc1. The first-order valence-electron chi connectivity index (χ1n) is 7.79. The Morgan fingerprint density at radius 1 is 1.20 bits per heavy atom. The van der Waals surface area contributed by atoms with E-state index in [1.54, 1.807) is 32.2 Å². The summed E-state index contributed by atoms with van der Waals surface area (Å²) >= 11 is 0. The van der Waals surface area contributed by atoms with Gasteiger partial charge in [-0.05, 0) is 30.2 Å². The summed E-state index contributed by atoms with van der Waals surface area (Å²) in [5.74, 6) is 0.445. The molecule has 0 aromatic heterocycles. The first kappa shape index (κ1) is 18.3. The molecule has 2 aromatic rings. The van der Waals surface area contributed by atoms with Crippen LogP contribution < -0.4 is 15.0 Å². The molecule has 0 atom stereocenters. The van der Waals surface area contributed by atoms with Crippen LogP contribution in [-0.2, 0) is 6.42 Å². The van der Waals surface area contributed by atoms with Crippen molar-refractivity contribution in [3.63, 3.8) is 0 Å². The smallest absolute Gasteiger partial charge is 0.270 e. The molecule has 7 heteroatoms. The van der Waals surface area contributed by atoms with Crippen molar-refractivity contribution in [2.45, 2.75) is 6.42 Å². The fourth-order valence-electron chi connectivity index (χ4n) is 2.42. The molecule has 0 aliphatic heterocycles. The van der Waals surface area contributed by atoms with Crippen LogP contribution >= 0.6 is 0 Å². The molecule has 1 N–H and O–H groups in total. The Balaban J connectivity index is 2.06. The number of anilines is 1. The molecular weight excluding hydrogens is 322 g/mol. The summed E-state index contributed by atoms with van der Waals surface area (Å²) in [6, 6.07) is 11.9. The van der Waals surface area contributed by atoms with E-state index in [1.807, 2.05) is 24.3 Å². The predicted octanol–water partition coefficient (Wildman–Crippen LogP) is 2.64. The lowest BCUT2D eigenvalue weighted by Gasteiger charge is -2.17. The van der Waals surface area contributed by atoms with Gasteiger partial charge in [-0.2, -0.15) is 0 Å². The van der Waals surface area contributed by atoms with Crippen molar-refractivity contribution in [2.75, 3.05) is 32.6 Å². The Labute approximate surface area is 146 Å². The first-order chi connectivity index (χ1) is 11.9. The highest BCUT2D eigenvalue weighted by atomic mass is 16.6. The second kappa shape index (κ2) is 8.14. The Morgan fingerprint density at radius 2 is 1.88 bits per heavy atom. The second-order valence-electron chi connectivity index (χ2n) is 5.71. The number of carbonyl (C=O) groups is 1. The van der Waals surface area contributed by atoms with Crippen LogP contribution in [-0.4, -0.2) is 38.6 Å². The number of rotatable bonds is 7. The van der Waals surface area contributed by atoms with Gasteiger partial charge < -0.3 is 15.0 Å². The van der Waals surface area contributed by atoms with Crippen LogP contribution in [0.5, 0.6) is 5.75 Å². The lowest BCUT2D eigenvalue weighted by molar-refractivity contribution is -0.384. The maximum absolute atomic E-state index is 12.5. The van der Waals surface area contributed by atoms with Gasteiger partial charge in [-0.3, -0.25) is 14.9 Å². The summed E-state index contributed by atoms with van der Waals surface area (Å²) in [6.45, 7) is 0.431. The van der Waals surface area contributed by atoms with Crippen LogP contribution in [0.2, 0.25) is 0 Å². The summed E-state index contributed by atoms with van der Waals surface area (Å²) in [6.07, 6.45) is 0.655.